The van der Waals surface area contributed by atoms with Crippen molar-refractivity contribution in [1.82, 2.24) is 10.2 Å². The lowest BCUT2D eigenvalue weighted by molar-refractivity contribution is -0.385. The smallest absolute Gasteiger partial charge is 0.283 e. The first-order valence-electron chi connectivity index (χ1n) is 6.58. The van der Waals surface area contributed by atoms with E-state index >= 15 is 0 Å². The minimum absolute atomic E-state index is 0.0254. The molecule has 0 radical (unpaired) electrons. The molecule has 1 aliphatic rings. The molecular weight excluding hydrogens is 292 g/mol. The van der Waals surface area contributed by atoms with Crippen molar-refractivity contribution < 1.29 is 9.72 Å². The molecule has 2 heterocycles. The minimum Gasteiger partial charge on any atom is -0.304 e. The summed E-state index contributed by atoms with van der Waals surface area (Å²) in [6.45, 7) is 3.54. The van der Waals surface area contributed by atoms with E-state index in [1.807, 2.05) is 6.92 Å². The molecule has 7 nitrogen and oxygen atoms in total. The fourth-order valence-electron chi connectivity index (χ4n) is 2.24. The predicted octanol–water partition coefficient (Wildman–Crippen LogP) is 3.13. The number of aromatic amines is 1. The van der Waals surface area contributed by atoms with Gasteiger partial charge in [0, 0.05) is 23.2 Å². The van der Waals surface area contributed by atoms with E-state index in [2.05, 4.69) is 15.5 Å². The van der Waals surface area contributed by atoms with Crippen LogP contribution in [-0.2, 0) is 0 Å². The van der Waals surface area contributed by atoms with Gasteiger partial charge in [-0.05, 0) is 26.7 Å². The highest BCUT2D eigenvalue weighted by Crippen LogP contribution is 2.41. The highest BCUT2D eigenvalue weighted by Gasteiger charge is 2.29. The summed E-state index contributed by atoms with van der Waals surface area (Å²) in [6.07, 6.45) is 2.29. The Morgan fingerprint density at radius 3 is 2.81 bits per heavy atom. The molecule has 0 saturated heterocycles. The van der Waals surface area contributed by atoms with Gasteiger partial charge in [-0.1, -0.05) is 0 Å². The Morgan fingerprint density at radius 2 is 2.24 bits per heavy atom. The Bertz CT molecular complexity index is 730. The normalized spacial score (nSPS) is 14.2. The summed E-state index contributed by atoms with van der Waals surface area (Å²) in [7, 11) is 0. The molecule has 2 aromatic rings. The maximum Gasteiger partial charge on any atom is 0.283 e. The Balaban J connectivity index is 1.80. The molecule has 8 heteroatoms. The SMILES string of the molecule is Cc1sc(C(=O)Nc2n[nH]c(C3CC3)c2C)cc1[N+](=O)[O-]. The van der Waals surface area contributed by atoms with Gasteiger partial charge in [-0.15, -0.1) is 11.3 Å². The number of hydrogen-bond donors (Lipinski definition) is 2. The summed E-state index contributed by atoms with van der Waals surface area (Å²) in [6, 6.07) is 1.30. The first-order valence-corrected chi connectivity index (χ1v) is 7.40. The Hall–Kier alpha value is -2.22. The Morgan fingerprint density at radius 1 is 1.52 bits per heavy atom. The van der Waals surface area contributed by atoms with Gasteiger partial charge in [0.15, 0.2) is 5.82 Å². The molecule has 0 unspecified atom stereocenters. The van der Waals surface area contributed by atoms with E-state index in [0.717, 1.165) is 35.4 Å². The summed E-state index contributed by atoms with van der Waals surface area (Å²) < 4.78 is 0. The molecule has 1 aliphatic carbocycles. The number of thiophene rings is 1. The van der Waals surface area contributed by atoms with Gasteiger partial charge in [0.1, 0.15) is 0 Å². The number of anilines is 1. The lowest BCUT2D eigenvalue weighted by atomic mass is 10.2. The van der Waals surface area contributed by atoms with Gasteiger partial charge in [-0.3, -0.25) is 20.0 Å². The second-order valence-electron chi connectivity index (χ2n) is 5.15. The fourth-order valence-corrected chi connectivity index (χ4v) is 3.12. The molecular formula is C13H14N4O3S. The highest BCUT2D eigenvalue weighted by molar-refractivity contribution is 7.14. The average Bonchev–Trinajstić information content (AvgIpc) is 3.09. The van der Waals surface area contributed by atoms with Gasteiger partial charge in [0.2, 0.25) is 0 Å². The highest BCUT2D eigenvalue weighted by atomic mass is 32.1. The number of aromatic nitrogens is 2. The third kappa shape index (κ3) is 2.54. The van der Waals surface area contributed by atoms with Crippen molar-refractivity contribution >= 4 is 28.7 Å². The number of carbonyl (C=O) groups is 1. The van der Waals surface area contributed by atoms with Crippen LogP contribution in [0.3, 0.4) is 0 Å². The molecule has 2 aromatic heterocycles. The van der Waals surface area contributed by atoms with Crippen LogP contribution in [0.5, 0.6) is 0 Å². The Labute approximate surface area is 124 Å². The molecule has 1 amide bonds. The van der Waals surface area contributed by atoms with E-state index < -0.39 is 4.92 Å². The van der Waals surface area contributed by atoms with Crippen LogP contribution in [0.2, 0.25) is 0 Å². The van der Waals surface area contributed by atoms with Crippen LogP contribution < -0.4 is 5.32 Å². The summed E-state index contributed by atoms with van der Waals surface area (Å²) in [5.74, 6) is 0.650. The quantitative estimate of drug-likeness (QED) is 0.669. The third-order valence-corrected chi connectivity index (χ3v) is 4.62. The topological polar surface area (TPSA) is 101 Å². The van der Waals surface area contributed by atoms with Gasteiger partial charge >= 0.3 is 0 Å². The molecule has 0 spiro atoms. The van der Waals surface area contributed by atoms with Crippen LogP contribution in [-0.4, -0.2) is 21.0 Å². The van der Waals surface area contributed by atoms with Gasteiger partial charge in [-0.25, -0.2) is 0 Å². The molecule has 3 rings (SSSR count). The third-order valence-electron chi connectivity index (χ3n) is 3.58. The van der Waals surface area contributed by atoms with E-state index in [1.165, 1.54) is 6.07 Å². The van der Waals surface area contributed by atoms with Gasteiger partial charge in [-0.2, -0.15) is 5.10 Å². The molecule has 0 aliphatic heterocycles. The maximum atomic E-state index is 12.2. The summed E-state index contributed by atoms with van der Waals surface area (Å²) >= 11 is 1.11. The number of nitro groups is 1. The number of aryl methyl sites for hydroxylation is 1. The zero-order valence-corrected chi connectivity index (χ0v) is 12.4. The number of amides is 1. The predicted molar refractivity (Wildman–Crippen MR) is 79.0 cm³/mol. The first kappa shape index (κ1) is 13.7. The van der Waals surface area contributed by atoms with Crippen molar-refractivity contribution in [1.29, 1.82) is 0 Å². The number of rotatable bonds is 4. The van der Waals surface area contributed by atoms with Crippen LogP contribution >= 0.6 is 11.3 Å². The molecule has 2 N–H and O–H groups in total. The number of carbonyl (C=O) groups excluding carboxylic acids is 1. The van der Waals surface area contributed by atoms with Crippen molar-refractivity contribution in [3.63, 3.8) is 0 Å². The molecule has 1 fully saturated rings. The molecule has 0 atom stereocenters. The largest absolute Gasteiger partial charge is 0.304 e. The van der Waals surface area contributed by atoms with E-state index in [9.17, 15) is 14.9 Å². The van der Waals surface area contributed by atoms with E-state index in [-0.39, 0.29) is 11.6 Å². The van der Waals surface area contributed by atoms with Crippen molar-refractivity contribution in [3.8, 4) is 0 Å². The second kappa shape index (κ2) is 4.96. The molecule has 21 heavy (non-hydrogen) atoms. The Kier molecular flexibility index (Phi) is 3.25. The summed E-state index contributed by atoms with van der Waals surface area (Å²) in [4.78, 5) is 23.3. The van der Waals surface area contributed by atoms with Crippen LogP contribution in [0, 0.1) is 24.0 Å². The molecule has 0 aromatic carbocycles. The average molecular weight is 306 g/mol. The number of nitrogens with zero attached hydrogens (tertiary/aromatic N) is 2. The first-order chi connectivity index (χ1) is 9.97. The van der Waals surface area contributed by atoms with Crippen LogP contribution in [0.1, 0.15) is 44.6 Å². The van der Waals surface area contributed by atoms with Gasteiger partial charge < -0.3 is 5.32 Å². The number of nitrogens with one attached hydrogen (secondary N) is 2. The van der Waals surface area contributed by atoms with Crippen LogP contribution in [0.15, 0.2) is 6.07 Å². The zero-order valence-electron chi connectivity index (χ0n) is 11.6. The standard InChI is InChI=1S/C13H14N4O3S/c1-6-11(8-3-4-8)15-16-12(6)14-13(18)10-5-9(17(19)20)7(2)21-10/h5,8H,3-4H2,1-2H3,(H2,14,15,16,18). The summed E-state index contributed by atoms with van der Waals surface area (Å²) in [5.41, 5.74) is 1.98. The van der Waals surface area contributed by atoms with Crippen molar-refractivity contribution in [2.75, 3.05) is 5.32 Å². The van der Waals surface area contributed by atoms with Crippen molar-refractivity contribution in [3.05, 3.63) is 37.2 Å². The lowest BCUT2D eigenvalue weighted by Gasteiger charge is -2.01. The molecule has 0 bridgehead atoms. The number of H-pyrrole nitrogens is 1. The lowest BCUT2D eigenvalue weighted by Crippen LogP contribution is -2.11. The zero-order chi connectivity index (χ0) is 15.1. The summed E-state index contributed by atoms with van der Waals surface area (Å²) in [5, 5.41) is 20.6. The van der Waals surface area contributed by atoms with Crippen LogP contribution in [0.25, 0.3) is 0 Å². The van der Waals surface area contributed by atoms with Gasteiger partial charge in [0.05, 0.1) is 14.7 Å². The van der Waals surface area contributed by atoms with E-state index in [0.29, 0.717) is 21.5 Å². The van der Waals surface area contributed by atoms with E-state index in [1.54, 1.807) is 6.92 Å². The van der Waals surface area contributed by atoms with Crippen LogP contribution in [0.4, 0.5) is 11.5 Å². The van der Waals surface area contributed by atoms with Gasteiger partial charge in [0.25, 0.3) is 11.6 Å². The van der Waals surface area contributed by atoms with E-state index in [4.69, 9.17) is 0 Å². The molecule has 110 valence electrons. The fraction of sp³-hybridized carbons (Fsp3) is 0.385. The molecule has 1 saturated carbocycles. The number of hydrogen-bond acceptors (Lipinski definition) is 5. The minimum atomic E-state index is -0.479. The van der Waals surface area contributed by atoms with Crippen molar-refractivity contribution in [2.24, 2.45) is 0 Å². The monoisotopic (exact) mass is 306 g/mol. The van der Waals surface area contributed by atoms with Crippen molar-refractivity contribution in [2.45, 2.75) is 32.6 Å². The maximum absolute atomic E-state index is 12.2. The second-order valence-corrected chi connectivity index (χ2v) is 6.40.